The van der Waals surface area contributed by atoms with Gasteiger partial charge in [0, 0.05) is 16.2 Å². The van der Waals surface area contributed by atoms with Crippen LogP contribution in [0.4, 0.5) is 5.69 Å². The molecule has 1 N–H and O–H groups in total. The molecule has 1 fully saturated rings. The quantitative estimate of drug-likeness (QED) is 0.810. The zero-order valence-electron chi connectivity index (χ0n) is 11.0. The summed E-state index contributed by atoms with van der Waals surface area (Å²) in [5, 5.41) is 3.70. The van der Waals surface area contributed by atoms with Crippen molar-refractivity contribution in [3.63, 3.8) is 0 Å². The van der Waals surface area contributed by atoms with Gasteiger partial charge in [-0.1, -0.05) is 26.0 Å². The third-order valence-corrected chi connectivity index (χ3v) is 4.78. The topological polar surface area (TPSA) is 12.0 Å². The molecule has 2 rings (SSSR count). The number of anilines is 1. The molecule has 0 aliphatic heterocycles. The van der Waals surface area contributed by atoms with Crippen molar-refractivity contribution in [3.8, 4) is 0 Å². The van der Waals surface area contributed by atoms with E-state index in [2.05, 4.69) is 60.2 Å². The highest BCUT2D eigenvalue weighted by molar-refractivity contribution is 9.10. The predicted octanol–water partition coefficient (Wildman–Crippen LogP) is 4.99. The van der Waals surface area contributed by atoms with E-state index in [1.165, 1.54) is 35.0 Å². The summed E-state index contributed by atoms with van der Waals surface area (Å²) in [6.45, 7) is 6.88. The fourth-order valence-electron chi connectivity index (χ4n) is 3.04. The summed E-state index contributed by atoms with van der Waals surface area (Å²) in [5.74, 6) is 1.69. The molecule has 0 heterocycles. The fourth-order valence-corrected chi connectivity index (χ4v) is 3.42. The maximum atomic E-state index is 3.70. The van der Waals surface area contributed by atoms with Gasteiger partial charge in [0.25, 0.3) is 0 Å². The number of hydrogen-bond acceptors (Lipinski definition) is 1. The summed E-state index contributed by atoms with van der Waals surface area (Å²) in [6.07, 6.45) is 3.97. The predicted molar refractivity (Wildman–Crippen MR) is 78.5 cm³/mol. The number of nitrogens with one attached hydrogen (secondary N) is 1. The van der Waals surface area contributed by atoms with Gasteiger partial charge < -0.3 is 5.32 Å². The van der Waals surface area contributed by atoms with E-state index in [1.54, 1.807) is 0 Å². The number of aryl methyl sites for hydroxylation is 1. The van der Waals surface area contributed by atoms with Gasteiger partial charge in [-0.2, -0.15) is 0 Å². The van der Waals surface area contributed by atoms with E-state index in [0.717, 1.165) is 11.8 Å². The summed E-state index contributed by atoms with van der Waals surface area (Å²) in [4.78, 5) is 0. The second kappa shape index (κ2) is 5.43. The highest BCUT2D eigenvalue weighted by Crippen LogP contribution is 2.33. The normalized spacial score (nSPS) is 29.1. The molecule has 0 aromatic heterocycles. The lowest BCUT2D eigenvalue weighted by atomic mass is 9.80. The minimum absolute atomic E-state index is 0.631. The van der Waals surface area contributed by atoms with Crippen molar-refractivity contribution in [1.82, 2.24) is 0 Å². The molecule has 2 atom stereocenters. The maximum Gasteiger partial charge on any atom is 0.0489 e. The van der Waals surface area contributed by atoms with Crippen molar-refractivity contribution in [2.75, 3.05) is 5.32 Å². The SMILES string of the molecule is Cc1cccc(NC2CC(C)CC(C)C2)c1Br. The Morgan fingerprint density at radius 1 is 1.12 bits per heavy atom. The van der Waals surface area contributed by atoms with Crippen LogP contribution >= 0.6 is 15.9 Å². The Hall–Kier alpha value is -0.500. The lowest BCUT2D eigenvalue weighted by Crippen LogP contribution is -2.30. The Morgan fingerprint density at radius 3 is 2.41 bits per heavy atom. The highest BCUT2D eigenvalue weighted by atomic mass is 79.9. The van der Waals surface area contributed by atoms with E-state index in [4.69, 9.17) is 0 Å². The van der Waals surface area contributed by atoms with E-state index in [1.807, 2.05) is 0 Å². The van der Waals surface area contributed by atoms with Crippen LogP contribution in [0, 0.1) is 18.8 Å². The molecule has 17 heavy (non-hydrogen) atoms. The molecule has 0 saturated heterocycles. The molecule has 0 spiro atoms. The lowest BCUT2D eigenvalue weighted by molar-refractivity contribution is 0.281. The van der Waals surface area contributed by atoms with E-state index in [9.17, 15) is 0 Å². The minimum Gasteiger partial charge on any atom is -0.381 e. The highest BCUT2D eigenvalue weighted by Gasteiger charge is 2.24. The first-order valence-electron chi connectivity index (χ1n) is 6.58. The first kappa shape index (κ1) is 12.9. The number of benzene rings is 1. The van der Waals surface area contributed by atoms with Gasteiger partial charge in [-0.05, 0) is 65.6 Å². The van der Waals surface area contributed by atoms with E-state index in [0.29, 0.717) is 6.04 Å². The first-order valence-corrected chi connectivity index (χ1v) is 7.37. The summed E-state index contributed by atoms with van der Waals surface area (Å²) in [5.41, 5.74) is 2.54. The number of halogens is 1. The molecule has 1 saturated carbocycles. The van der Waals surface area contributed by atoms with Gasteiger partial charge in [0.1, 0.15) is 0 Å². The zero-order chi connectivity index (χ0) is 12.4. The Balaban J connectivity index is 2.07. The largest absolute Gasteiger partial charge is 0.381 e. The summed E-state index contributed by atoms with van der Waals surface area (Å²) in [6, 6.07) is 7.06. The summed E-state index contributed by atoms with van der Waals surface area (Å²) < 4.78 is 1.21. The summed E-state index contributed by atoms with van der Waals surface area (Å²) in [7, 11) is 0. The van der Waals surface area contributed by atoms with Crippen LogP contribution in [0.2, 0.25) is 0 Å². The van der Waals surface area contributed by atoms with Crippen LogP contribution in [0.15, 0.2) is 22.7 Å². The molecule has 94 valence electrons. The van der Waals surface area contributed by atoms with Gasteiger partial charge in [0.15, 0.2) is 0 Å². The van der Waals surface area contributed by atoms with Gasteiger partial charge in [-0.3, -0.25) is 0 Å². The molecule has 1 aliphatic rings. The first-order chi connectivity index (χ1) is 8.06. The van der Waals surface area contributed by atoms with Crippen LogP contribution in [0.25, 0.3) is 0 Å². The standard InChI is InChI=1S/C15H22BrN/c1-10-7-11(2)9-13(8-10)17-14-6-4-5-12(3)15(14)16/h4-6,10-11,13,17H,7-9H2,1-3H3. The number of hydrogen-bond donors (Lipinski definition) is 1. The smallest absolute Gasteiger partial charge is 0.0489 e. The molecular formula is C15H22BrN. The molecule has 2 unspecified atom stereocenters. The molecule has 1 aliphatic carbocycles. The van der Waals surface area contributed by atoms with Crippen molar-refractivity contribution in [1.29, 1.82) is 0 Å². The van der Waals surface area contributed by atoms with Crippen molar-refractivity contribution >= 4 is 21.6 Å². The molecule has 2 heteroatoms. The van der Waals surface area contributed by atoms with Gasteiger partial charge >= 0.3 is 0 Å². The second-order valence-corrected chi connectivity index (χ2v) is 6.49. The van der Waals surface area contributed by atoms with Gasteiger partial charge in [-0.15, -0.1) is 0 Å². The van der Waals surface area contributed by atoms with Crippen LogP contribution < -0.4 is 5.32 Å². The Kier molecular flexibility index (Phi) is 4.13. The Labute approximate surface area is 113 Å². The molecule has 1 aromatic carbocycles. The van der Waals surface area contributed by atoms with E-state index >= 15 is 0 Å². The number of rotatable bonds is 2. The molecule has 0 amide bonds. The maximum absolute atomic E-state index is 3.70. The van der Waals surface area contributed by atoms with Crippen molar-refractivity contribution in [2.24, 2.45) is 11.8 Å². The molecule has 0 radical (unpaired) electrons. The molecule has 1 nitrogen and oxygen atoms in total. The van der Waals surface area contributed by atoms with E-state index in [-0.39, 0.29) is 0 Å². The lowest BCUT2D eigenvalue weighted by Gasteiger charge is -2.33. The van der Waals surface area contributed by atoms with Gasteiger partial charge in [0.05, 0.1) is 0 Å². The van der Waals surface area contributed by atoms with Crippen LogP contribution in [-0.4, -0.2) is 6.04 Å². The average molecular weight is 296 g/mol. The van der Waals surface area contributed by atoms with Crippen LogP contribution in [-0.2, 0) is 0 Å². The average Bonchev–Trinajstić information content (AvgIpc) is 2.23. The minimum atomic E-state index is 0.631. The van der Waals surface area contributed by atoms with E-state index < -0.39 is 0 Å². The van der Waals surface area contributed by atoms with Crippen LogP contribution in [0.1, 0.15) is 38.7 Å². The van der Waals surface area contributed by atoms with Gasteiger partial charge in [-0.25, -0.2) is 0 Å². The third kappa shape index (κ3) is 3.25. The van der Waals surface area contributed by atoms with Crippen molar-refractivity contribution in [3.05, 3.63) is 28.2 Å². The Morgan fingerprint density at radius 2 is 1.76 bits per heavy atom. The molecular weight excluding hydrogens is 274 g/mol. The second-order valence-electron chi connectivity index (χ2n) is 5.70. The summed E-state index contributed by atoms with van der Waals surface area (Å²) >= 11 is 3.67. The van der Waals surface area contributed by atoms with Crippen molar-refractivity contribution in [2.45, 2.75) is 46.1 Å². The zero-order valence-corrected chi connectivity index (χ0v) is 12.5. The van der Waals surface area contributed by atoms with Crippen LogP contribution in [0.3, 0.4) is 0 Å². The molecule has 0 bridgehead atoms. The van der Waals surface area contributed by atoms with Crippen molar-refractivity contribution < 1.29 is 0 Å². The molecule has 1 aromatic rings. The van der Waals surface area contributed by atoms with Crippen LogP contribution in [0.5, 0.6) is 0 Å². The van der Waals surface area contributed by atoms with Gasteiger partial charge in [0.2, 0.25) is 0 Å². The fraction of sp³-hybridized carbons (Fsp3) is 0.600. The monoisotopic (exact) mass is 295 g/mol. The third-order valence-electron chi connectivity index (χ3n) is 3.73. The Bertz CT molecular complexity index is 379.